The maximum atomic E-state index is 13.5. The van der Waals surface area contributed by atoms with E-state index in [-0.39, 0.29) is 17.7 Å². The lowest BCUT2D eigenvalue weighted by Gasteiger charge is -2.38. The van der Waals surface area contributed by atoms with Crippen molar-refractivity contribution in [2.45, 2.75) is 6.10 Å². The number of aromatic nitrogens is 1. The highest BCUT2D eigenvalue weighted by atomic mass is 19.1. The number of carbonyl (C=O) groups is 1. The molecule has 0 aliphatic carbocycles. The van der Waals surface area contributed by atoms with Crippen molar-refractivity contribution in [3.8, 4) is 11.9 Å². The van der Waals surface area contributed by atoms with Crippen molar-refractivity contribution in [2.75, 3.05) is 18.4 Å². The number of urea groups is 1. The van der Waals surface area contributed by atoms with Gasteiger partial charge in [0.05, 0.1) is 18.8 Å². The summed E-state index contributed by atoms with van der Waals surface area (Å²) in [6.07, 6.45) is 1.31. The molecule has 2 amide bonds. The number of carbonyl (C=O) groups excluding carboxylic acids is 1. The molecule has 3 rings (SSSR count). The summed E-state index contributed by atoms with van der Waals surface area (Å²) in [5.74, 6) is -0.226. The number of pyridine rings is 1. The smallest absolute Gasteiger partial charge is 0.322 e. The van der Waals surface area contributed by atoms with E-state index >= 15 is 0 Å². The number of para-hydroxylation sites is 1. The maximum absolute atomic E-state index is 13.5. The molecule has 1 aliphatic heterocycles. The molecule has 1 aromatic carbocycles. The molecule has 0 atom stereocenters. The molecule has 0 unspecified atom stereocenters. The predicted molar refractivity (Wildman–Crippen MR) is 80.4 cm³/mol. The topological polar surface area (TPSA) is 78.2 Å². The average molecular weight is 312 g/mol. The Morgan fingerprint density at radius 2 is 2.13 bits per heavy atom. The molecule has 1 N–H and O–H groups in total. The van der Waals surface area contributed by atoms with Gasteiger partial charge < -0.3 is 15.0 Å². The van der Waals surface area contributed by atoms with E-state index in [1.54, 1.807) is 24.3 Å². The first-order valence-electron chi connectivity index (χ1n) is 6.99. The highest BCUT2D eigenvalue weighted by Crippen LogP contribution is 2.20. The third-order valence-electron chi connectivity index (χ3n) is 3.42. The van der Waals surface area contributed by atoms with Crippen molar-refractivity contribution < 1.29 is 13.9 Å². The molecule has 0 bridgehead atoms. The minimum absolute atomic E-state index is 0.137. The Morgan fingerprint density at radius 1 is 1.35 bits per heavy atom. The van der Waals surface area contributed by atoms with Crippen LogP contribution in [0.3, 0.4) is 0 Å². The van der Waals surface area contributed by atoms with Crippen LogP contribution in [-0.2, 0) is 0 Å². The second-order valence-corrected chi connectivity index (χ2v) is 5.02. The first kappa shape index (κ1) is 14.8. The zero-order chi connectivity index (χ0) is 16.2. The summed E-state index contributed by atoms with van der Waals surface area (Å²) < 4.78 is 19.1. The summed E-state index contributed by atoms with van der Waals surface area (Å²) >= 11 is 0. The van der Waals surface area contributed by atoms with Crippen molar-refractivity contribution in [2.24, 2.45) is 0 Å². The van der Waals surface area contributed by atoms with Gasteiger partial charge in [0.2, 0.25) is 5.88 Å². The number of hydrogen-bond acceptors (Lipinski definition) is 4. The Kier molecular flexibility index (Phi) is 4.06. The van der Waals surface area contributed by atoms with E-state index in [0.29, 0.717) is 18.7 Å². The fourth-order valence-electron chi connectivity index (χ4n) is 2.16. The second-order valence-electron chi connectivity index (χ2n) is 5.02. The van der Waals surface area contributed by atoms with Gasteiger partial charge in [-0.15, -0.1) is 0 Å². The number of benzene rings is 1. The molecule has 0 radical (unpaired) electrons. The molecule has 1 saturated heterocycles. The third-order valence-corrected chi connectivity index (χ3v) is 3.42. The summed E-state index contributed by atoms with van der Waals surface area (Å²) in [5.41, 5.74) is 0.486. The highest BCUT2D eigenvalue weighted by Gasteiger charge is 2.33. The number of likely N-dealkylation sites (tertiary alicyclic amines) is 1. The number of amides is 2. The number of halogens is 1. The number of nitrogens with zero attached hydrogens (tertiary/aromatic N) is 3. The summed E-state index contributed by atoms with van der Waals surface area (Å²) in [6.45, 7) is 0.698. The fourth-order valence-corrected chi connectivity index (χ4v) is 2.16. The average Bonchev–Trinajstić information content (AvgIpc) is 2.53. The van der Waals surface area contributed by atoms with E-state index in [1.165, 1.54) is 23.2 Å². The van der Waals surface area contributed by atoms with Crippen molar-refractivity contribution in [1.82, 2.24) is 9.88 Å². The highest BCUT2D eigenvalue weighted by molar-refractivity contribution is 5.90. The molecule has 0 saturated carbocycles. The largest absolute Gasteiger partial charge is 0.470 e. The monoisotopic (exact) mass is 312 g/mol. The van der Waals surface area contributed by atoms with Crippen LogP contribution in [0.2, 0.25) is 0 Å². The molecule has 1 aliphatic rings. The minimum Gasteiger partial charge on any atom is -0.470 e. The number of nitriles is 1. The lowest BCUT2D eigenvalue weighted by Crippen LogP contribution is -2.57. The second kappa shape index (κ2) is 6.32. The predicted octanol–water partition coefficient (Wildman–Crippen LogP) is 2.39. The summed E-state index contributed by atoms with van der Waals surface area (Å²) in [4.78, 5) is 17.5. The summed E-state index contributed by atoms with van der Waals surface area (Å²) in [5, 5.41) is 11.5. The molecule has 7 heteroatoms. The molecular formula is C16H13FN4O2. The molecule has 23 heavy (non-hydrogen) atoms. The molecule has 0 spiro atoms. The lowest BCUT2D eigenvalue weighted by atomic mass is 10.2. The number of nitrogens with one attached hydrogen (secondary N) is 1. The van der Waals surface area contributed by atoms with Crippen molar-refractivity contribution in [3.63, 3.8) is 0 Å². The van der Waals surface area contributed by atoms with Crippen molar-refractivity contribution in [1.29, 1.82) is 5.26 Å². The Morgan fingerprint density at radius 3 is 2.87 bits per heavy atom. The number of ether oxygens (including phenoxy) is 1. The van der Waals surface area contributed by atoms with Crippen LogP contribution < -0.4 is 10.1 Å². The Balaban J connectivity index is 1.54. The van der Waals surface area contributed by atoms with E-state index < -0.39 is 11.8 Å². The minimum atomic E-state index is -0.485. The van der Waals surface area contributed by atoms with Crippen LogP contribution in [-0.4, -0.2) is 35.1 Å². The molecule has 2 heterocycles. The van der Waals surface area contributed by atoms with Gasteiger partial charge in [-0.05, 0) is 24.3 Å². The van der Waals surface area contributed by atoms with Crippen LogP contribution in [0.1, 0.15) is 5.56 Å². The van der Waals surface area contributed by atoms with Crippen LogP contribution in [0.4, 0.5) is 14.9 Å². The van der Waals surface area contributed by atoms with Gasteiger partial charge in [-0.25, -0.2) is 14.2 Å². The van der Waals surface area contributed by atoms with Gasteiger partial charge in [-0.3, -0.25) is 0 Å². The molecule has 6 nitrogen and oxygen atoms in total. The van der Waals surface area contributed by atoms with Gasteiger partial charge in [0, 0.05) is 6.20 Å². The van der Waals surface area contributed by atoms with Gasteiger partial charge in [0.15, 0.2) is 0 Å². The summed E-state index contributed by atoms with van der Waals surface area (Å²) in [6, 6.07) is 10.8. The van der Waals surface area contributed by atoms with Gasteiger partial charge in [0.25, 0.3) is 0 Å². The number of anilines is 1. The molecule has 1 aromatic heterocycles. The SMILES string of the molecule is N#Cc1cccnc1OC1CN(C(=O)Nc2ccccc2F)C1. The van der Waals surface area contributed by atoms with Gasteiger partial charge in [-0.2, -0.15) is 5.26 Å². The number of rotatable bonds is 3. The zero-order valence-corrected chi connectivity index (χ0v) is 12.1. The van der Waals surface area contributed by atoms with E-state index in [0.717, 1.165) is 0 Å². The molecule has 116 valence electrons. The van der Waals surface area contributed by atoms with Crippen molar-refractivity contribution >= 4 is 11.7 Å². The first-order chi connectivity index (χ1) is 11.2. The zero-order valence-electron chi connectivity index (χ0n) is 12.1. The van der Waals surface area contributed by atoms with Crippen molar-refractivity contribution in [3.05, 3.63) is 54.0 Å². The van der Waals surface area contributed by atoms with E-state index in [2.05, 4.69) is 10.3 Å². The van der Waals surface area contributed by atoms with E-state index in [4.69, 9.17) is 10.00 Å². The summed E-state index contributed by atoms with van der Waals surface area (Å²) in [7, 11) is 0. The van der Waals surface area contributed by atoms with Crippen LogP contribution in [0.25, 0.3) is 0 Å². The van der Waals surface area contributed by atoms with Crippen LogP contribution in [0.15, 0.2) is 42.6 Å². The normalized spacial score (nSPS) is 13.8. The fraction of sp³-hybridized carbons (Fsp3) is 0.188. The standard InChI is InChI=1S/C16H13FN4O2/c17-13-5-1-2-6-14(13)20-16(22)21-9-12(10-21)23-15-11(8-18)4-3-7-19-15/h1-7,12H,9-10H2,(H,20,22). The van der Waals surface area contributed by atoms with Gasteiger partial charge in [-0.1, -0.05) is 12.1 Å². The van der Waals surface area contributed by atoms with Crippen LogP contribution >= 0.6 is 0 Å². The Labute approximate surface area is 132 Å². The quantitative estimate of drug-likeness (QED) is 0.944. The van der Waals surface area contributed by atoms with Crippen LogP contribution in [0, 0.1) is 17.1 Å². The lowest BCUT2D eigenvalue weighted by molar-refractivity contribution is 0.0458. The van der Waals surface area contributed by atoms with Gasteiger partial charge >= 0.3 is 6.03 Å². The molecule has 2 aromatic rings. The van der Waals surface area contributed by atoms with Gasteiger partial charge in [0.1, 0.15) is 23.6 Å². The first-order valence-corrected chi connectivity index (χ1v) is 6.99. The van der Waals surface area contributed by atoms with E-state index in [1.807, 2.05) is 6.07 Å². The molecule has 1 fully saturated rings. The molecular weight excluding hydrogens is 299 g/mol. The third kappa shape index (κ3) is 3.21. The van der Waals surface area contributed by atoms with E-state index in [9.17, 15) is 9.18 Å². The Bertz CT molecular complexity index is 769. The number of hydrogen-bond donors (Lipinski definition) is 1. The maximum Gasteiger partial charge on any atom is 0.322 e. The van der Waals surface area contributed by atoms with Crippen LogP contribution in [0.5, 0.6) is 5.88 Å². The Hall–Kier alpha value is -3.14.